The predicted octanol–water partition coefficient (Wildman–Crippen LogP) is 0.805. The zero-order chi connectivity index (χ0) is 10.5. The lowest BCUT2D eigenvalue weighted by molar-refractivity contribution is 0.223. The van der Waals surface area contributed by atoms with Crippen molar-refractivity contribution in [2.45, 2.75) is 19.1 Å². The van der Waals surface area contributed by atoms with Crippen LogP contribution in [0.3, 0.4) is 0 Å². The van der Waals surface area contributed by atoms with Crippen LogP contribution in [0.25, 0.3) is 0 Å². The van der Waals surface area contributed by atoms with Crippen molar-refractivity contribution in [3.05, 3.63) is 35.9 Å². The third kappa shape index (κ3) is 2.95. The number of urea groups is 1. The molecule has 15 heavy (non-hydrogen) atoms. The lowest BCUT2D eigenvalue weighted by Crippen LogP contribution is -2.55. The molecule has 2 amide bonds. The monoisotopic (exact) mass is 205 g/mol. The van der Waals surface area contributed by atoms with Crippen molar-refractivity contribution in [2.75, 3.05) is 6.54 Å². The van der Waals surface area contributed by atoms with Gasteiger partial charge in [0.2, 0.25) is 0 Å². The normalized spacial score (nSPS) is 20.5. The first-order valence-corrected chi connectivity index (χ1v) is 5.16. The fourth-order valence-corrected chi connectivity index (χ4v) is 1.60. The number of benzene rings is 1. The van der Waals surface area contributed by atoms with Gasteiger partial charge >= 0.3 is 6.03 Å². The van der Waals surface area contributed by atoms with Crippen molar-refractivity contribution in [2.24, 2.45) is 0 Å². The fraction of sp³-hybridized carbons (Fsp3) is 0.364. The van der Waals surface area contributed by atoms with Crippen LogP contribution in [0, 0.1) is 0 Å². The molecule has 0 spiro atoms. The van der Waals surface area contributed by atoms with Gasteiger partial charge in [-0.1, -0.05) is 30.3 Å². The molecule has 1 aromatic carbocycles. The first-order chi connectivity index (χ1) is 7.34. The van der Waals surface area contributed by atoms with E-state index in [0.29, 0.717) is 0 Å². The highest BCUT2D eigenvalue weighted by atomic mass is 16.2. The zero-order valence-electron chi connectivity index (χ0n) is 8.49. The Morgan fingerprint density at radius 3 is 2.87 bits per heavy atom. The highest BCUT2D eigenvalue weighted by Gasteiger charge is 2.15. The fourth-order valence-electron chi connectivity index (χ4n) is 1.60. The lowest BCUT2D eigenvalue weighted by atomic mass is 10.2. The van der Waals surface area contributed by atoms with E-state index >= 15 is 0 Å². The van der Waals surface area contributed by atoms with Crippen LogP contribution in [0.15, 0.2) is 30.3 Å². The molecular formula is C11H15N3O. The number of nitrogens with one attached hydrogen (secondary N) is 3. The highest BCUT2D eigenvalue weighted by molar-refractivity contribution is 5.74. The Bertz CT molecular complexity index is 326. The molecule has 1 unspecified atom stereocenters. The second-order valence-electron chi connectivity index (χ2n) is 3.61. The quantitative estimate of drug-likeness (QED) is 0.684. The SMILES string of the molecule is O=C1NCCC(NCc2ccccc2)N1. The predicted molar refractivity (Wildman–Crippen MR) is 58.2 cm³/mol. The Kier molecular flexibility index (Phi) is 3.19. The van der Waals surface area contributed by atoms with E-state index in [9.17, 15) is 4.79 Å². The molecule has 1 aliphatic heterocycles. The average Bonchev–Trinajstić information content (AvgIpc) is 2.28. The summed E-state index contributed by atoms with van der Waals surface area (Å²) in [5.41, 5.74) is 1.23. The van der Waals surface area contributed by atoms with Crippen molar-refractivity contribution < 1.29 is 4.79 Å². The van der Waals surface area contributed by atoms with Gasteiger partial charge in [-0.15, -0.1) is 0 Å². The van der Waals surface area contributed by atoms with Crippen LogP contribution in [0.4, 0.5) is 4.79 Å². The van der Waals surface area contributed by atoms with Crippen molar-refractivity contribution in [3.63, 3.8) is 0 Å². The van der Waals surface area contributed by atoms with E-state index in [1.54, 1.807) is 0 Å². The Labute approximate surface area is 89.1 Å². The molecule has 1 heterocycles. The van der Waals surface area contributed by atoms with E-state index in [2.05, 4.69) is 28.1 Å². The molecule has 1 aliphatic rings. The average molecular weight is 205 g/mol. The van der Waals surface area contributed by atoms with Gasteiger partial charge in [0.25, 0.3) is 0 Å². The summed E-state index contributed by atoms with van der Waals surface area (Å²) >= 11 is 0. The Hall–Kier alpha value is -1.55. The summed E-state index contributed by atoms with van der Waals surface area (Å²) in [5, 5.41) is 8.84. The van der Waals surface area contributed by atoms with E-state index < -0.39 is 0 Å². The minimum atomic E-state index is -0.0909. The Morgan fingerprint density at radius 2 is 2.13 bits per heavy atom. The zero-order valence-corrected chi connectivity index (χ0v) is 8.49. The second-order valence-corrected chi connectivity index (χ2v) is 3.61. The summed E-state index contributed by atoms with van der Waals surface area (Å²) in [4.78, 5) is 11.0. The van der Waals surface area contributed by atoms with Crippen LogP contribution in [-0.2, 0) is 6.54 Å². The molecule has 1 atom stereocenters. The van der Waals surface area contributed by atoms with Crippen LogP contribution in [0.1, 0.15) is 12.0 Å². The van der Waals surface area contributed by atoms with Gasteiger partial charge in [-0.05, 0) is 12.0 Å². The summed E-state index contributed by atoms with van der Waals surface area (Å²) in [6.07, 6.45) is 0.998. The maximum absolute atomic E-state index is 11.0. The van der Waals surface area contributed by atoms with Gasteiger partial charge < -0.3 is 10.6 Å². The molecule has 0 aromatic heterocycles. The summed E-state index contributed by atoms with van der Waals surface area (Å²) in [5.74, 6) is 0. The second kappa shape index (κ2) is 4.79. The van der Waals surface area contributed by atoms with Gasteiger partial charge in [-0.25, -0.2) is 4.79 Å². The lowest BCUT2D eigenvalue weighted by Gasteiger charge is -2.25. The van der Waals surface area contributed by atoms with Crippen LogP contribution in [0.2, 0.25) is 0 Å². The molecule has 4 nitrogen and oxygen atoms in total. The number of rotatable bonds is 3. The highest BCUT2D eigenvalue weighted by Crippen LogP contribution is 1.99. The summed E-state index contributed by atoms with van der Waals surface area (Å²) in [6, 6.07) is 10.1. The molecular weight excluding hydrogens is 190 g/mol. The molecule has 1 fully saturated rings. The van der Waals surface area contributed by atoms with Crippen LogP contribution in [-0.4, -0.2) is 18.7 Å². The maximum Gasteiger partial charge on any atom is 0.316 e. The largest absolute Gasteiger partial charge is 0.338 e. The van der Waals surface area contributed by atoms with Gasteiger partial charge in [0.1, 0.15) is 0 Å². The van der Waals surface area contributed by atoms with Gasteiger partial charge in [0.05, 0.1) is 6.17 Å². The summed E-state index contributed by atoms with van der Waals surface area (Å²) in [6.45, 7) is 1.52. The topological polar surface area (TPSA) is 53.2 Å². The van der Waals surface area contributed by atoms with Crippen LogP contribution in [0.5, 0.6) is 0 Å². The minimum absolute atomic E-state index is 0.0824. The third-order valence-electron chi connectivity index (χ3n) is 2.42. The smallest absolute Gasteiger partial charge is 0.316 e. The molecule has 0 aliphatic carbocycles. The number of carbonyl (C=O) groups is 1. The number of hydrogen-bond donors (Lipinski definition) is 3. The van der Waals surface area contributed by atoms with E-state index in [1.165, 1.54) is 5.56 Å². The van der Waals surface area contributed by atoms with Gasteiger partial charge in [-0.3, -0.25) is 5.32 Å². The molecule has 80 valence electrons. The third-order valence-corrected chi connectivity index (χ3v) is 2.42. The molecule has 1 aromatic rings. The van der Waals surface area contributed by atoms with Gasteiger partial charge in [0, 0.05) is 13.1 Å². The van der Waals surface area contributed by atoms with Crippen molar-refractivity contribution in [1.82, 2.24) is 16.0 Å². The molecule has 2 rings (SSSR count). The van der Waals surface area contributed by atoms with Gasteiger partial charge in [-0.2, -0.15) is 0 Å². The number of hydrogen-bond acceptors (Lipinski definition) is 2. The van der Waals surface area contributed by atoms with E-state index in [1.807, 2.05) is 18.2 Å². The van der Waals surface area contributed by atoms with Crippen LogP contribution < -0.4 is 16.0 Å². The summed E-state index contributed by atoms with van der Waals surface area (Å²) < 4.78 is 0. The molecule has 1 saturated heterocycles. The Morgan fingerprint density at radius 1 is 1.33 bits per heavy atom. The number of amides is 2. The van der Waals surface area contributed by atoms with Crippen LogP contribution >= 0.6 is 0 Å². The molecule has 0 radical (unpaired) electrons. The molecule has 3 N–H and O–H groups in total. The Balaban J connectivity index is 1.80. The van der Waals surface area contributed by atoms with Crippen molar-refractivity contribution >= 4 is 6.03 Å². The van der Waals surface area contributed by atoms with E-state index in [-0.39, 0.29) is 12.2 Å². The van der Waals surface area contributed by atoms with Crippen molar-refractivity contribution in [1.29, 1.82) is 0 Å². The first kappa shape index (κ1) is 9.98. The van der Waals surface area contributed by atoms with E-state index in [4.69, 9.17) is 0 Å². The molecule has 0 bridgehead atoms. The van der Waals surface area contributed by atoms with Gasteiger partial charge in [0.15, 0.2) is 0 Å². The first-order valence-electron chi connectivity index (χ1n) is 5.16. The standard InChI is InChI=1S/C11H15N3O/c15-11-12-7-6-10(14-11)13-8-9-4-2-1-3-5-9/h1-5,10,13H,6-8H2,(H2,12,14,15). The summed E-state index contributed by atoms with van der Waals surface area (Å²) in [7, 11) is 0. The molecule has 0 saturated carbocycles. The van der Waals surface area contributed by atoms with E-state index in [0.717, 1.165) is 19.5 Å². The molecule has 4 heteroatoms. The minimum Gasteiger partial charge on any atom is -0.338 e. The van der Waals surface area contributed by atoms with Crippen molar-refractivity contribution in [3.8, 4) is 0 Å². The maximum atomic E-state index is 11.0. The number of carbonyl (C=O) groups excluding carboxylic acids is 1.